The van der Waals surface area contributed by atoms with Gasteiger partial charge in [-0.3, -0.25) is 4.79 Å². The molecule has 0 bridgehead atoms. The Hall–Kier alpha value is -2.84. The number of carbonyl (C=O) groups is 1. The summed E-state index contributed by atoms with van der Waals surface area (Å²) in [5.74, 6) is 0.709. The van der Waals surface area contributed by atoms with Gasteiger partial charge in [0.25, 0.3) is 5.91 Å². The number of hydrogen-bond donors (Lipinski definition) is 0. The number of methoxy groups -OCH3 is 2. The molecule has 3 heterocycles. The molecular weight excluding hydrogens is 302 g/mol. The van der Waals surface area contributed by atoms with Crippen molar-refractivity contribution < 1.29 is 18.7 Å². The minimum absolute atomic E-state index is 0.111. The van der Waals surface area contributed by atoms with Crippen molar-refractivity contribution in [1.82, 2.24) is 19.9 Å². The maximum Gasteiger partial charge on any atom is 0.324 e. The predicted molar refractivity (Wildman–Crippen MR) is 79.8 cm³/mol. The van der Waals surface area contributed by atoms with Gasteiger partial charge in [0, 0.05) is 26.2 Å². The van der Waals surface area contributed by atoms with Crippen LogP contribution in [0.5, 0.6) is 12.0 Å². The zero-order chi connectivity index (χ0) is 16.2. The molecule has 3 rings (SSSR count). The van der Waals surface area contributed by atoms with Crippen molar-refractivity contribution in [1.29, 1.82) is 0 Å². The lowest BCUT2D eigenvalue weighted by atomic mass is 10.3. The van der Waals surface area contributed by atoms with Crippen LogP contribution in [0, 0.1) is 0 Å². The maximum absolute atomic E-state index is 12.2. The van der Waals surface area contributed by atoms with E-state index < -0.39 is 0 Å². The molecule has 0 aromatic carbocycles. The second-order valence-electron chi connectivity index (χ2n) is 4.87. The minimum Gasteiger partial charge on any atom is -0.467 e. The fraction of sp³-hybridized carbons (Fsp3) is 0.429. The zero-order valence-electron chi connectivity index (χ0n) is 12.9. The molecule has 1 amide bonds. The number of hydrogen-bond acceptors (Lipinski definition) is 8. The molecule has 0 atom stereocenters. The van der Waals surface area contributed by atoms with E-state index in [1.807, 2.05) is 4.90 Å². The summed E-state index contributed by atoms with van der Waals surface area (Å²) in [6.45, 7) is 2.30. The summed E-state index contributed by atoms with van der Waals surface area (Å²) in [6, 6.07) is 3.75. The lowest BCUT2D eigenvalue weighted by Gasteiger charge is -2.34. The number of carbonyl (C=O) groups excluding carboxylic acids is 1. The van der Waals surface area contributed by atoms with Crippen LogP contribution < -0.4 is 14.4 Å². The van der Waals surface area contributed by atoms with E-state index in [1.54, 1.807) is 17.0 Å². The van der Waals surface area contributed by atoms with Gasteiger partial charge in [-0.15, -0.1) is 4.98 Å². The number of anilines is 1. The molecule has 0 radical (unpaired) electrons. The van der Waals surface area contributed by atoms with Gasteiger partial charge in [0.15, 0.2) is 5.76 Å². The molecule has 1 saturated heterocycles. The van der Waals surface area contributed by atoms with E-state index in [0.29, 0.717) is 37.9 Å². The van der Waals surface area contributed by atoms with Crippen LogP contribution in [0.3, 0.4) is 0 Å². The Labute approximate surface area is 132 Å². The van der Waals surface area contributed by atoms with Gasteiger partial charge >= 0.3 is 12.0 Å². The SMILES string of the molecule is COc1nc(OC)nc(N2CCN(C(=O)c3ccco3)CC2)n1. The van der Waals surface area contributed by atoms with Crippen LogP contribution >= 0.6 is 0 Å². The predicted octanol–water partition coefficient (Wildman–Crippen LogP) is 0.444. The van der Waals surface area contributed by atoms with E-state index in [9.17, 15) is 4.79 Å². The van der Waals surface area contributed by atoms with Gasteiger partial charge in [0.1, 0.15) is 0 Å². The van der Waals surface area contributed by atoms with Crippen molar-refractivity contribution in [2.45, 2.75) is 0 Å². The van der Waals surface area contributed by atoms with Crippen molar-refractivity contribution in [3.05, 3.63) is 24.2 Å². The first-order valence-corrected chi connectivity index (χ1v) is 7.13. The summed E-state index contributed by atoms with van der Waals surface area (Å²) in [5, 5.41) is 0. The third-order valence-corrected chi connectivity index (χ3v) is 3.53. The molecule has 1 aliphatic heterocycles. The van der Waals surface area contributed by atoms with Gasteiger partial charge in [-0.05, 0) is 12.1 Å². The second-order valence-corrected chi connectivity index (χ2v) is 4.87. The highest BCUT2D eigenvalue weighted by atomic mass is 16.5. The molecule has 122 valence electrons. The fourth-order valence-electron chi connectivity index (χ4n) is 2.32. The zero-order valence-corrected chi connectivity index (χ0v) is 12.9. The number of amides is 1. The molecule has 1 fully saturated rings. The summed E-state index contributed by atoms with van der Waals surface area (Å²) in [7, 11) is 2.97. The van der Waals surface area contributed by atoms with E-state index in [4.69, 9.17) is 13.9 Å². The molecule has 9 heteroatoms. The van der Waals surface area contributed by atoms with Crippen LogP contribution in [0.2, 0.25) is 0 Å². The van der Waals surface area contributed by atoms with E-state index in [-0.39, 0.29) is 17.9 Å². The number of aromatic nitrogens is 3. The molecule has 1 aliphatic rings. The van der Waals surface area contributed by atoms with Crippen LogP contribution in [-0.4, -0.2) is 66.2 Å². The lowest BCUT2D eigenvalue weighted by molar-refractivity contribution is 0.0714. The molecular formula is C14H17N5O4. The summed E-state index contributed by atoms with van der Waals surface area (Å²) < 4.78 is 15.3. The normalized spacial score (nSPS) is 14.7. The van der Waals surface area contributed by atoms with Crippen LogP contribution in [0.25, 0.3) is 0 Å². The molecule has 0 unspecified atom stereocenters. The Morgan fingerprint density at radius 3 is 2.26 bits per heavy atom. The quantitative estimate of drug-likeness (QED) is 0.801. The Balaban J connectivity index is 1.68. The number of furan rings is 1. The maximum atomic E-state index is 12.2. The Morgan fingerprint density at radius 1 is 1.09 bits per heavy atom. The van der Waals surface area contributed by atoms with Crippen LogP contribution in [-0.2, 0) is 0 Å². The summed E-state index contributed by atoms with van der Waals surface area (Å²) in [5.41, 5.74) is 0. The Morgan fingerprint density at radius 2 is 1.74 bits per heavy atom. The number of ether oxygens (including phenoxy) is 2. The first kappa shape index (κ1) is 15.1. The van der Waals surface area contributed by atoms with Gasteiger partial charge < -0.3 is 23.7 Å². The summed E-state index contributed by atoms with van der Waals surface area (Å²) >= 11 is 0. The lowest BCUT2D eigenvalue weighted by Crippen LogP contribution is -2.49. The summed E-state index contributed by atoms with van der Waals surface area (Å²) in [4.78, 5) is 28.4. The molecule has 9 nitrogen and oxygen atoms in total. The monoisotopic (exact) mass is 319 g/mol. The third kappa shape index (κ3) is 3.17. The van der Waals surface area contributed by atoms with Gasteiger partial charge in [-0.2, -0.15) is 9.97 Å². The smallest absolute Gasteiger partial charge is 0.324 e. The third-order valence-electron chi connectivity index (χ3n) is 3.53. The van der Waals surface area contributed by atoms with E-state index in [0.717, 1.165) is 0 Å². The highest BCUT2D eigenvalue weighted by Crippen LogP contribution is 2.18. The van der Waals surface area contributed by atoms with Gasteiger partial charge in [-0.25, -0.2) is 0 Å². The van der Waals surface area contributed by atoms with Crippen molar-refractivity contribution in [3.8, 4) is 12.0 Å². The minimum atomic E-state index is -0.111. The Bertz CT molecular complexity index is 646. The van der Waals surface area contributed by atoms with Crippen molar-refractivity contribution >= 4 is 11.9 Å². The highest BCUT2D eigenvalue weighted by molar-refractivity contribution is 5.91. The number of piperazine rings is 1. The van der Waals surface area contributed by atoms with Gasteiger partial charge in [0.2, 0.25) is 5.95 Å². The molecule has 0 aliphatic carbocycles. The van der Waals surface area contributed by atoms with Gasteiger partial charge in [0.05, 0.1) is 20.5 Å². The average molecular weight is 319 g/mol. The molecule has 2 aromatic heterocycles. The van der Waals surface area contributed by atoms with E-state index >= 15 is 0 Å². The van der Waals surface area contributed by atoms with Crippen molar-refractivity contribution in [2.75, 3.05) is 45.3 Å². The largest absolute Gasteiger partial charge is 0.467 e. The second kappa shape index (κ2) is 6.51. The van der Waals surface area contributed by atoms with Crippen LogP contribution in [0.4, 0.5) is 5.95 Å². The highest BCUT2D eigenvalue weighted by Gasteiger charge is 2.25. The molecule has 0 N–H and O–H groups in total. The first-order valence-electron chi connectivity index (χ1n) is 7.13. The number of nitrogens with zero attached hydrogens (tertiary/aromatic N) is 5. The van der Waals surface area contributed by atoms with Crippen molar-refractivity contribution in [3.63, 3.8) is 0 Å². The molecule has 0 spiro atoms. The van der Waals surface area contributed by atoms with Crippen LogP contribution in [0.15, 0.2) is 22.8 Å². The fourth-order valence-corrected chi connectivity index (χ4v) is 2.32. The molecule has 0 saturated carbocycles. The average Bonchev–Trinajstić information content (AvgIpc) is 3.15. The van der Waals surface area contributed by atoms with E-state index in [1.165, 1.54) is 20.5 Å². The van der Waals surface area contributed by atoms with Gasteiger partial charge in [-0.1, -0.05) is 0 Å². The van der Waals surface area contributed by atoms with Crippen LogP contribution in [0.1, 0.15) is 10.6 Å². The molecule has 23 heavy (non-hydrogen) atoms. The topological polar surface area (TPSA) is 93.8 Å². The molecule has 2 aromatic rings. The Kier molecular flexibility index (Phi) is 4.26. The van der Waals surface area contributed by atoms with E-state index in [2.05, 4.69) is 15.0 Å². The summed E-state index contributed by atoms with van der Waals surface area (Å²) in [6.07, 6.45) is 1.49. The first-order chi connectivity index (χ1) is 11.2. The number of rotatable bonds is 4. The van der Waals surface area contributed by atoms with Crippen molar-refractivity contribution in [2.24, 2.45) is 0 Å². The standard InChI is InChI=1S/C14H17N5O4/c1-21-13-15-12(16-14(17-13)22-2)19-7-5-18(6-8-19)11(20)10-4-3-9-23-10/h3-4,9H,5-8H2,1-2H3.